The molecule has 3 aromatic rings. The number of ether oxygens (including phenoxy) is 1. The normalized spacial score (nSPS) is 15.8. The van der Waals surface area contributed by atoms with Crippen molar-refractivity contribution >= 4 is 28.4 Å². The molecule has 0 aliphatic carbocycles. The molecule has 25 heavy (non-hydrogen) atoms. The van der Waals surface area contributed by atoms with Crippen LogP contribution in [0.4, 0.5) is 0 Å². The van der Waals surface area contributed by atoms with E-state index >= 15 is 0 Å². The number of halogens is 1. The van der Waals surface area contributed by atoms with Crippen LogP contribution in [0, 0.1) is 0 Å². The molecule has 0 radical (unpaired) electrons. The van der Waals surface area contributed by atoms with E-state index in [1.165, 1.54) is 0 Å². The number of hydrogen-bond acceptors (Lipinski definition) is 3. The Bertz CT molecular complexity index is 937. The zero-order valence-corrected chi connectivity index (χ0v) is 14.6. The van der Waals surface area contributed by atoms with Crippen molar-refractivity contribution in [1.29, 1.82) is 0 Å². The third-order valence-corrected chi connectivity index (χ3v) is 4.84. The van der Waals surface area contributed by atoms with Crippen LogP contribution in [0.3, 0.4) is 0 Å². The first-order valence-electron chi connectivity index (χ1n) is 8.33. The zero-order valence-electron chi connectivity index (χ0n) is 13.8. The van der Waals surface area contributed by atoms with Gasteiger partial charge in [-0.2, -0.15) is 0 Å². The topological polar surface area (TPSA) is 56.2 Å². The van der Waals surface area contributed by atoms with E-state index in [9.17, 15) is 4.79 Å². The minimum Gasteiger partial charge on any atom is -0.486 e. The van der Waals surface area contributed by atoms with Gasteiger partial charge in [0.25, 0.3) is 5.91 Å². The maximum atomic E-state index is 12.8. The molecule has 1 N–H and O–H groups in total. The van der Waals surface area contributed by atoms with Crippen molar-refractivity contribution in [2.24, 2.45) is 0 Å². The molecule has 1 atom stereocenters. The van der Waals surface area contributed by atoms with E-state index < -0.39 is 0 Å². The average Bonchev–Trinajstić information content (AvgIpc) is 3.04. The molecule has 3 heterocycles. The Morgan fingerprint density at radius 1 is 1.44 bits per heavy atom. The van der Waals surface area contributed by atoms with Crippen LogP contribution in [0.15, 0.2) is 42.7 Å². The highest BCUT2D eigenvalue weighted by molar-refractivity contribution is 6.36. The van der Waals surface area contributed by atoms with Crippen molar-refractivity contribution in [2.45, 2.75) is 32.5 Å². The number of hydrogen-bond donors (Lipinski definition) is 1. The van der Waals surface area contributed by atoms with Crippen LogP contribution >= 0.6 is 11.6 Å². The number of pyridine rings is 1. The minimum atomic E-state index is -0.126. The Kier molecular flexibility index (Phi) is 4.09. The molecule has 0 spiro atoms. The molecule has 6 heteroatoms. The highest BCUT2D eigenvalue weighted by atomic mass is 35.5. The van der Waals surface area contributed by atoms with Gasteiger partial charge in [-0.1, -0.05) is 24.6 Å². The summed E-state index contributed by atoms with van der Waals surface area (Å²) in [6.07, 6.45) is 4.38. The van der Waals surface area contributed by atoms with E-state index in [0.29, 0.717) is 23.8 Å². The number of carbonyl (C=O) groups is 1. The van der Waals surface area contributed by atoms with E-state index in [4.69, 9.17) is 16.3 Å². The monoisotopic (exact) mass is 355 g/mol. The van der Waals surface area contributed by atoms with Gasteiger partial charge < -0.3 is 14.6 Å². The van der Waals surface area contributed by atoms with Gasteiger partial charge in [-0.05, 0) is 36.2 Å². The van der Waals surface area contributed by atoms with Crippen molar-refractivity contribution in [3.63, 3.8) is 0 Å². The first-order valence-corrected chi connectivity index (χ1v) is 8.70. The van der Waals surface area contributed by atoms with Crippen molar-refractivity contribution < 1.29 is 9.53 Å². The Morgan fingerprint density at radius 2 is 2.32 bits per heavy atom. The number of carbonyl (C=O) groups excluding carboxylic acids is 1. The molecule has 0 bridgehead atoms. The largest absolute Gasteiger partial charge is 0.486 e. The second-order valence-corrected chi connectivity index (χ2v) is 6.55. The Labute approximate surface area is 150 Å². The van der Waals surface area contributed by atoms with Gasteiger partial charge in [0.2, 0.25) is 0 Å². The highest BCUT2D eigenvalue weighted by Crippen LogP contribution is 2.38. The summed E-state index contributed by atoms with van der Waals surface area (Å²) in [7, 11) is 0. The predicted molar refractivity (Wildman–Crippen MR) is 97.1 cm³/mol. The molecular weight excluding hydrogens is 338 g/mol. The molecule has 1 unspecified atom stereocenters. The SMILES string of the molecule is CCC1Cn2c(C(=O)NCc3cccnc3)cc3c(Cl)ccc(c32)O1. The molecule has 1 aliphatic rings. The summed E-state index contributed by atoms with van der Waals surface area (Å²) >= 11 is 6.33. The Morgan fingerprint density at radius 3 is 3.08 bits per heavy atom. The van der Waals surface area contributed by atoms with Crippen molar-refractivity contribution in [3.05, 3.63) is 59.0 Å². The molecule has 1 aromatic carbocycles. The first-order chi connectivity index (χ1) is 12.2. The molecule has 128 valence electrons. The quantitative estimate of drug-likeness (QED) is 0.774. The van der Waals surface area contributed by atoms with E-state index in [1.807, 2.05) is 34.9 Å². The van der Waals surface area contributed by atoms with Crippen molar-refractivity contribution in [1.82, 2.24) is 14.9 Å². The number of nitrogens with one attached hydrogen (secondary N) is 1. The summed E-state index contributed by atoms with van der Waals surface area (Å²) in [5, 5.41) is 4.43. The molecule has 2 aromatic heterocycles. The van der Waals surface area contributed by atoms with Crippen LogP contribution in [-0.2, 0) is 13.1 Å². The lowest BCUT2D eigenvalue weighted by atomic mass is 10.2. The fraction of sp³-hybridized carbons (Fsp3) is 0.263. The van der Waals surface area contributed by atoms with Crippen LogP contribution in [-0.4, -0.2) is 21.6 Å². The molecule has 1 amide bonds. The van der Waals surface area contributed by atoms with Crippen LogP contribution in [0.25, 0.3) is 10.9 Å². The van der Waals surface area contributed by atoms with Gasteiger partial charge in [-0.3, -0.25) is 9.78 Å². The van der Waals surface area contributed by atoms with E-state index in [2.05, 4.69) is 17.2 Å². The van der Waals surface area contributed by atoms with Crippen LogP contribution in [0.1, 0.15) is 29.4 Å². The van der Waals surface area contributed by atoms with E-state index in [-0.39, 0.29) is 12.0 Å². The van der Waals surface area contributed by atoms with Gasteiger partial charge in [0.1, 0.15) is 17.5 Å². The molecular formula is C19H18ClN3O2. The molecule has 4 rings (SSSR count). The third kappa shape index (κ3) is 2.85. The lowest BCUT2D eigenvalue weighted by Crippen LogP contribution is -2.31. The first kappa shape index (κ1) is 16.0. The molecule has 1 aliphatic heterocycles. The van der Waals surface area contributed by atoms with Gasteiger partial charge in [0, 0.05) is 24.3 Å². The fourth-order valence-electron chi connectivity index (χ4n) is 3.20. The van der Waals surface area contributed by atoms with Crippen molar-refractivity contribution in [2.75, 3.05) is 0 Å². The standard InChI is InChI=1S/C19H18ClN3O2/c1-2-13-11-23-16(19(24)22-10-12-4-3-7-21-9-12)8-14-15(20)5-6-17(25-13)18(14)23/h3-9,13H,2,10-11H2,1H3,(H,22,24). The molecule has 5 nitrogen and oxygen atoms in total. The van der Waals surface area contributed by atoms with E-state index in [1.54, 1.807) is 12.4 Å². The highest BCUT2D eigenvalue weighted by Gasteiger charge is 2.26. The fourth-order valence-corrected chi connectivity index (χ4v) is 3.40. The summed E-state index contributed by atoms with van der Waals surface area (Å²) < 4.78 is 8.03. The average molecular weight is 356 g/mol. The molecule has 0 fully saturated rings. The van der Waals surface area contributed by atoms with Gasteiger partial charge in [0.05, 0.1) is 17.1 Å². The third-order valence-electron chi connectivity index (χ3n) is 4.51. The second-order valence-electron chi connectivity index (χ2n) is 6.14. The van der Waals surface area contributed by atoms with Crippen molar-refractivity contribution in [3.8, 4) is 5.75 Å². The minimum absolute atomic E-state index is 0.0501. The summed E-state index contributed by atoms with van der Waals surface area (Å²) in [5.41, 5.74) is 2.46. The summed E-state index contributed by atoms with van der Waals surface area (Å²) in [4.78, 5) is 16.8. The van der Waals surface area contributed by atoms with Crippen LogP contribution in [0.2, 0.25) is 5.02 Å². The lowest BCUT2D eigenvalue weighted by molar-refractivity contribution is 0.0935. The number of amides is 1. The second kappa shape index (κ2) is 6.41. The van der Waals surface area contributed by atoms with E-state index in [0.717, 1.165) is 28.6 Å². The lowest BCUT2D eigenvalue weighted by Gasteiger charge is -2.26. The maximum absolute atomic E-state index is 12.8. The smallest absolute Gasteiger partial charge is 0.268 e. The summed E-state index contributed by atoms with van der Waals surface area (Å²) in [6.45, 7) is 3.15. The predicted octanol–water partition coefficient (Wildman–Crippen LogP) is 3.79. The summed E-state index contributed by atoms with van der Waals surface area (Å²) in [6, 6.07) is 9.33. The Hall–Kier alpha value is -2.53. The van der Waals surface area contributed by atoms with Gasteiger partial charge >= 0.3 is 0 Å². The van der Waals surface area contributed by atoms with Crippen LogP contribution in [0.5, 0.6) is 5.75 Å². The number of nitrogens with zero attached hydrogens (tertiary/aromatic N) is 2. The Balaban J connectivity index is 1.69. The summed E-state index contributed by atoms with van der Waals surface area (Å²) in [5.74, 6) is 0.655. The molecule has 0 saturated heterocycles. The van der Waals surface area contributed by atoms with Gasteiger partial charge in [-0.15, -0.1) is 0 Å². The number of rotatable bonds is 4. The van der Waals surface area contributed by atoms with Gasteiger partial charge in [-0.25, -0.2) is 0 Å². The number of aromatic nitrogens is 2. The molecule has 0 saturated carbocycles. The zero-order chi connectivity index (χ0) is 17.4. The van der Waals surface area contributed by atoms with Gasteiger partial charge in [0.15, 0.2) is 0 Å². The van der Waals surface area contributed by atoms with Crippen LogP contribution < -0.4 is 10.1 Å². The number of benzene rings is 1. The maximum Gasteiger partial charge on any atom is 0.268 e.